The molecule has 1 saturated heterocycles. The van der Waals surface area contributed by atoms with Crippen LogP contribution in [0.2, 0.25) is 0 Å². The third kappa shape index (κ3) is 31.5. The molecule has 1 rings (SSSR count). The van der Waals surface area contributed by atoms with Gasteiger partial charge in [-0.25, -0.2) is 0 Å². The molecule has 0 aromatic carbocycles. The Morgan fingerprint density at radius 1 is 0.550 bits per heavy atom. The van der Waals surface area contributed by atoms with E-state index in [1.54, 1.807) is 6.08 Å². The van der Waals surface area contributed by atoms with Crippen LogP contribution in [-0.2, 0) is 14.3 Å². The molecular weight excluding hydrogens is 755 g/mol. The molecule has 1 aliphatic heterocycles. The lowest BCUT2D eigenvalue weighted by Gasteiger charge is -2.40. The zero-order valence-corrected chi connectivity index (χ0v) is 39.0. The summed E-state index contributed by atoms with van der Waals surface area (Å²) >= 11 is 0. The molecule has 0 radical (unpaired) electrons. The van der Waals surface area contributed by atoms with Crippen LogP contribution in [0.15, 0.2) is 24.3 Å². The molecule has 7 unspecified atom stereocenters. The highest BCUT2D eigenvalue weighted by Gasteiger charge is 2.44. The SMILES string of the molecule is CCCCCCCCCCCCCCCCCC/C=C/CC/C=C/C(O)C(COC1OC(CO)C(O)C(O)C1O)NC(=O)CCCCCCCCCCCCCCCCC. The van der Waals surface area contributed by atoms with Gasteiger partial charge in [0.05, 0.1) is 25.4 Å². The fraction of sp³-hybridized carbons (Fsp3) is 0.902. The smallest absolute Gasteiger partial charge is 0.220 e. The summed E-state index contributed by atoms with van der Waals surface area (Å²) in [6.07, 6.45) is 43.7. The molecule has 0 aromatic heterocycles. The Labute approximate surface area is 369 Å². The summed E-state index contributed by atoms with van der Waals surface area (Å²) in [7, 11) is 0. The quantitative estimate of drug-likeness (QED) is 0.0262. The molecule has 7 atom stereocenters. The number of aliphatic hydroxyl groups excluding tert-OH is 5. The van der Waals surface area contributed by atoms with E-state index in [9.17, 15) is 30.3 Å². The molecule has 1 fully saturated rings. The lowest BCUT2D eigenvalue weighted by atomic mass is 9.99. The number of rotatable bonds is 43. The number of amides is 1. The molecule has 354 valence electrons. The van der Waals surface area contributed by atoms with Crippen molar-refractivity contribution in [3.05, 3.63) is 24.3 Å². The van der Waals surface area contributed by atoms with E-state index in [1.165, 1.54) is 180 Å². The van der Waals surface area contributed by atoms with Crippen LogP contribution in [0, 0.1) is 0 Å². The van der Waals surface area contributed by atoms with Crippen LogP contribution in [0.5, 0.6) is 0 Å². The first-order valence-electron chi connectivity index (χ1n) is 25.6. The Hall–Kier alpha value is -1.33. The number of ether oxygens (including phenoxy) is 2. The maximum Gasteiger partial charge on any atom is 0.220 e. The Kier molecular flexibility index (Phi) is 39.4. The van der Waals surface area contributed by atoms with E-state index in [1.807, 2.05) is 6.08 Å². The molecule has 0 saturated carbocycles. The van der Waals surface area contributed by atoms with E-state index in [2.05, 4.69) is 31.3 Å². The molecule has 0 aliphatic carbocycles. The minimum Gasteiger partial charge on any atom is -0.394 e. The van der Waals surface area contributed by atoms with Crippen LogP contribution >= 0.6 is 0 Å². The Bertz CT molecular complexity index is 992. The van der Waals surface area contributed by atoms with Gasteiger partial charge in [0.25, 0.3) is 0 Å². The molecule has 1 amide bonds. The van der Waals surface area contributed by atoms with E-state index in [0.717, 1.165) is 38.5 Å². The predicted octanol–water partition coefficient (Wildman–Crippen LogP) is 11.5. The Morgan fingerprint density at radius 2 is 0.950 bits per heavy atom. The minimum atomic E-state index is -1.57. The summed E-state index contributed by atoms with van der Waals surface area (Å²) in [6, 6.07) is -0.817. The van der Waals surface area contributed by atoms with Crippen LogP contribution in [0.1, 0.15) is 239 Å². The zero-order valence-electron chi connectivity index (χ0n) is 39.0. The number of hydrogen-bond acceptors (Lipinski definition) is 8. The van der Waals surface area contributed by atoms with Crippen molar-refractivity contribution in [1.29, 1.82) is 0 Å². The largest absolute Gasteiger partial charge is 0.394 e. The van der Waals surface area contributed by atoms with Crippen molar-refractivity contribution in [2.45, 2.75) is 281 Å². The minimum absolute atomic E-state index is 0.184. The average molecular weight is 852 g/mol. The monoisotopic (exact) mass is 852 g/mol. The van der Waals surface area contributed by atoms with Crippen molar-refractivity contribution >= 4 is 5.91 Å². The second-order valence-corrected chi connectivity index (χ2v) is 18.0. The number of carbonyl (C=O) groups is 1. The van der Waals surface area contributed by atoms with Gasteiger partial charge in [0.15, 0.2) is 6.29 Å². The molecule has 0 bridgehead atoms. The van der Waals surface area contributed by atoms with Gasteiger partial charge in [-0.05, 0) is 32.1 Å². The molecule has 0 spiro atoms. The second kappa shape index (κ2) is 41.7. The first kappa shape index (κ1) is 56.7. The normalized spacial score (nSPS) is 20.7. The molecular formula is C51H97NO8. The van der Waals surface area contributed by atoms with Gasteiger partial charge in [0.1, 0.15) is 24.4 Å². The fourth-order valence-electron chi connectivity index (χ4n) is 8.17. The predicted molar refractivity (Wildman–Crippen MR) is 249 cm³/mol. The molecule has 1 aliphatic rings. The van der Waals surface area contributed by atoms with Crippen molar-refractivity contribution in [3.8, 4) is 0 Å². The van der Waals surface area contributed by atoms with Crippen molar-refractivity contribution in [2.24, 2.45) is 0 Å². The number of allylic oxidation sites excluding steroid dienone is 3. The summed E-state index contributed by atoms with van der Waals surface area (Å²) < 4.78 is 11.2. The van der Waals surface area contributed by atoms with E-state index >= 15 is 0 Å². The number of nitrogens with one attached hydrogen (secondary N) is 1. The van der Waals surface area contributed by atoms with E-state index in [0.29, 0.717) is 6.42 Å². The van der Waals surface area contributed by atoms with Crippen LogP contribution in [0.4, 0.5) is 0 Å². The summed E-state index contributed by atoms with van der Waals surface area (Å²) in [6.45, 7) is 3.78. The Morgan fingerprint density at radius 3 is 1.40 bits per heavy atom. The summed E-state index contributed by atoms with van der Waals surface area (Å²) in [5, 5.41) is 54.3. The standard InChI is InChI=1S/C51H97NO8/c1-3-5-7-9-11-13-15-17-19-20-21-22-23-24-25-27-28-30-32-34-36-38-40-45(54)44(43-59-51-50(58)49(57)48(56)46(42-53)60-51)52-47(55)41-39-37-35-33-31-29-26-18-16-14-12-10-8-6-4-2/h30,32,38,40,44-46,48-51,53-54,56-58H,3-29,31,33-37,39,41-43H2,1-2H3,(H,52,55)/b32-30+,40-38+. The van der Waals surface area contributed by atoms with E-state index in [4.69, 9.17) is 9.47 Å². The molecule has 6 N–H and O–H groups in total. The number of hydrogen-bond donors (Lipinski definition) is 6. The van der Waals surface area contributed by atoms with Crippen LogP contribution in [0.3, 0.4) is 0 Å². The molecule has 0 aromatic rings. The lowest BCUT2D eigenvalue weighted by Crippen LogP contribution is -2.60. The van der Waals surface area contributed by atoms with Crippen LogP contribution < -0.4 is 5.32 Å². The lowest BCUT2D eigenvalue weighted by molar-refractivity contribution is -0.302. The highest BCUT2D eigenvalue weighted by molar-refractivity contribution is 5.76. The first-order valence-corrected chi connectivity index (χ1v) is 25.6. The Balaban J connectivity index is 2.31. The average Bonchev–Trinajstić information content (AvgIpc) is 3.25. The third-order valence-electron chi connectivity index (χ3n) is 12.3. The van der Waals surface area contributed by atoms with Crippen LogP contribution in [-0.4, -0.2) is 87.5 Å². The summed E-state index contributed by atoms with van der Waals surface area (Å²) in [5.74, 6) is -0.184. The molecule has 60 heavy (non-hydrogen) atoms. The van der Waals surface area contributed by atoms with Gasteiger partial charge >= 0.3 is 0 Å². The maximum atomic E-state index is 13.0. The van der Waals surface area contributed by atoms with E-state index in [-0.39, 0.29) is 12.5 Å². The molecule has 1 heterocycles. The van der Waals surface area contributed by atoms with Crippen LogP contribution in [0.25, 0.3) is 0 Å². The van der Waals surface area contributed by atoms with Gasteiger partial charge in [-0.3, -0.25) is 4.79 Å². The number of unbranched alkanes of at least 4 members (excludes halogenated alkanes) is 31. The van der Waals surface area contributed by atoms with Gasteiger partial charge in [-0.15, -0.1) is 0 Å². The highest BCUT2D eigenvalue weighted by Crippen LogP contribution is 2.23. The van der Waals surface area contributed by atoms with Crippen molar-refractivity contribution < 1.29 is 39.8 Å². The highest BCUT2D eigenvalue weighted by atomic mass is 16.7. The summed E-state index contributed by atoms with van der Waals surface area (Å²) in [4.78, 5) is 13.0. The topological polar surface area (TPSA) is 149 Å². The first-order chi connectivity index (χ1) is 29.3. The molecule has 9 heteroatoms. The third-order valence-corrected chi connectivity index (χ3v) is 12.3. The van der Waals surface area contributed by atoms with Gasteiger partial charge in [0.2, 0.25) is 5.91 Å². The number of aliphatic hydroxyl groups is 5. The second-order valence-electron chi connectivity index (χ2n) is 18.0. The number of carbonyl (C=O) groups excluding carboxylic acids is 1. The van der Waals surface area contributed by atoms with Crippen molar-refractivity contribution in [3.63, 3.8) is 0 Å². The van der Waals surface area contributed by atoms with Crippen molar-refractivity contribution in [1.82, 2.24) is 5.32 Å². The van der Waals surface area contributed by atoms with Gasteiger partial charge < -0.3 is 40.3 Å². The van der Waals surface area contributed by atoms with Crippen molar-refractivity contribution in [2.75, 3.05) is 13.2 Å². The van der Waals surface area contributed by atoms with Gasteiger partial charge in [-0.2, -0.15) is 0 Å². The maximum absolute atomic E-state index is 13.0. The summed E-state index contributed by atoms with van der Waals surface area (Å²) in [5.41, 5.74) is 0. The van der Waals surface area contributed by atoms with Gasteiger partial charge in [-0.1, -0.05) is 224 Å². The van der Waals surface area contributed by atoms with E-state index < -0.39 is 49.5 Å². The molecule has 9 nitrogen and oxygen atoms in total. The fourth-order valence-corrected chi connectivity index (χ4v) is 8.17. The van der Waals surface area contributed by atoms with Gasteiger partial charge in [0, 0.05) is 6.42 Å². The zero-order chi connectivity index (χ0) is 43.7.